The van der Waals surface area contributed by atoms with Crippen molar-refractivity contribution in [3.8, 4) is 0 Å². The summed E-state index contributed by atoms with van der Waals surface area (Å²) in [6.07, 6.45) is 2.02. The van der Waals surface area contributed by atoms with Crippen LogP contribution < -0.4 is 4.90 Å². The van der Waals surface area contributed by atoms with E-state index in [1.807, 2.05) is 50.5 Å². The lowest BCUT2D eigenvalue weighted by molar-refractivity contribution is 0.169. The smallest absolute Gasteiger partial charge is 0.0957 e. The highest BCUT2D eigenvalue weighted by Gasteiger charge is 2.08. The molecule has 0 spiro atoms. The van der Waals surface area contributed by atoms with E-state index in [1.54, 1.807) is 0 Å². The molecule has 0 amide bonds. The second-order valence-corrected chi connectivity index (χ2v) is 5.67. The Morgan fingerprint density at radius 2 is 2.00 bits per heavy atom. The van der Waals surface area contributed by atoms with Crippen molar-refractivity contribution in [2.45, 2.75) is 26.0 Å². The van der Waals surface area contributed by atoms with E-state index in [0.717, 1.165) is 22.4 Å². The number of hydrogen-bond donors (Lipinski definition) is 1. The van der Waals surface area contributed by atoms with Crippen LogP contribution in [0.2, 0.25) is 0 Å². The van der Waals surface area contributed by atoms with Gasteiger partial charge in [-0.3, -0.25) is 4.98 Å². The maximum atomic E-state index is 9.75. The molecule has 20 heavy (non-hydrogen) atoms. The van der Waals surface area contributed by atoms with E-state index in [9.17, 15) is 5.11 Å². The first-order valence-corrected chi connectivity index (χ1v) is 7.49. The number of pyridine rings is 1. The Balaban J connectivity index is 2.10. The summed E-state index contributed by atoms with van der Waals surface area (Å²) in [6, 6.07) is 12.1. The highest BCUT2D eigenvalue weighted by Crippen LogP contribution is 2.22. The molecule has 2 rings (SSSR count). The van der Waals surface area contributed by atoms with Gasteiger partial charge in [-0.25, -0.2) is 0 Å². The van der Waals surface area contributed by atoms with E-state index in [0.29, 0.717) is 6.42 Å². The van der Waals surface area contributed by atoms with Crippen molar-refractivity contribution in [3.63, 3.8) is 0 Å². The van der Waals surface area contributed by atoms with Crippen LogP contribution in [0.25, 0.3) is 0 Å². The first-order chi connectivity index (χ1) is 9.61. The summed E-state index contributed by atoms with van der Waals surface area (Å²) in [4.78, 5) is 6.47. The molecular formula is C16H19BrN2O. The van der Waals surface area contributed by atoms with Gasteiger partial charge in [0.2, 0.25) is 0 Å². The van der Waals surface area contributed by atoms with Crippen molar-refractivity contribution >= 4 is 21.6 Å². The monoisotopic (exact) mass is 334 g/mol. The van der Waals surface area contributed by atoms with Gasteiger partial charge in [0.25, 0.3) is 0 Å². The molecule has 1 N–H and O–H groups in total. The zero-order valence-electron chi connectivity index (χ0n) is 11.8. The average molecular weight is 335 g/mol. The highest BCUT2D eigenvalue weighted by atomic mass is 79.9. The van der Waals surface area contributed by atoms with Crippen LogP contribution in [-0.4, -0.2) is 17.1 Å². The predicted molar refractivity (Wildman–Crippen MR) is 85.7 cm³/mol. The van der Waals surface area contributed by atoms with Gasteiger partial charge in [-0.15, -0.1) is 0 Å². The molecule has 0 unspecified atom stereocenters. The van der Waals surface area contributed by atoms with Crippen molar-refractivity contribution in [3.05, 3.63) is 58.3 Å². The van der Waals surface area contributed by atoms with Crippen molar-refractivity contribution < 1.29 is 5.11 Å². The Bertz CT molecular complexity index is 557. The van der Waals surface area contributed by atoms with Crippen LogP contribution in [0.5, 0.6) is 0 Å². The first-order valence-electron chi connectivity index (χ1n) is 6.70. The number of aromatic nitrogens is 1. The van der Waals surface area contributed by atoms with Crippen LogP contribution in [-0.2, 0) is 6.54 Å². The Kier molecular flexibility index (Phi) is 5.15. The van der Waals surface area contributed by atoms with E-state index in [4.69, 9.17) is 0 Å². The van der Waals surface area contributed by atoms with Crippen molar-refractivity contribution in [2.24, 2.45) is 0 Å². The fourth-order valence-corrected chi connectivity index (χ4v) is 2.41. The standard InChI is InChI=1S/C16H19BrN2O/c1-3-16(20)15-9-8-13(10-18-15)19(2)11-12-6-4-5-7-14(12)17/h4-10,16,20H,3,11H2,1-2H3/t16-/m0/s1. The Morgan fingerprint density at radius 3 is 2.60 bits per heavy atom. The van der Waals surface area contributed by atoms with Gasteiger partial charge in [0.15, 0.2) is 0 Å². The number of aliphatic hydroxyl groups excluding tert-OH is 1. The summed E-state index contributed by atoms with van der Waals surface area (Å²) in [6.45, 7) is 2.75. The molecule has 0 aliphatic rings. The molecule has 0 saturated heterocycles. The second kappa shape index (κ2) is 6.86. The normalized spacial score (nSPS) is 12.2. The lowest BCUT2D eigenvalue weighted by Crippen LogP contribution is -2.17. The van der Waals surface area contributed by atoms with Gasteiger partial charge in [0, 0.05) is 18.1 Å². The van der Waals surface area contributed by atoms with Crippen LogP contribution in [0.3, 0.4) is 0 Å². The summed E-state index contributed by atoms with van der Waals surface area (Å²) < 4.78 is 1.11. The Labute approximate surface area is 128 Å². The third-order valence-electron chi connectivity index (χ3n) is 3.30. The molecule has 0 fully saturated rings. The second-order valence-electron chi connectivity index (χ2n) is 4.81. The van der Waals surface area contributed by atoms with Crippen molar-refractivity contribution in [1.82, 2.24) is 4.98 Å². The van der Waals surface area contributed by atoms with Gasteiger partial charge < -0.3 is 10.0 Å². The third kappa shape index (κ3) is 3.58. The van der Waals surface area contributed by atoms with Gasteiger partial charge in [0.05, 0.1) is 23.7 Å². The SMILES string of the molecule is CC[C@H](O)c1ccc(N(C)Cc2ccccc2Br)cn1. The minimum Gasteiger partial charge on any atom is -0.387 e. The summed E-state index contributed by atoms with van der Waals surface area (Å²) in [5.74, 6) is 0. The lowest BCUT2D eigenvalue weighted by atomic mass is 10.1. The van der Waals surface area contributed by atoms with Crippen LogP contribution in [0.4, 0.5) is 5.69 Å². The third-order valence-corrected chi connectivity index (χ3v) is 4.08. The van der Waals surface area contributed by atoms with Crippen LogP contribution in [0.15, 0.2) is 47.1 Å². The largest absolute Gasteiger partial charge is 0.387 e. The number of rotatable bonds is 5. The highest BCUT2D eigenvalue weighted by molar-refractivity contribution is 9.10. The van der Waals surface area contributed by atoms with Gasteiger partial charge in [0.1, 0.15) is 0 Å². The summed E-state index contributed by atoms with van der Waals surface area (Å²) in [5.41, 5.74) is 2.99. The zero-order valence-corrected chi connectivity index (χ0v) is 13.3. The van der Waals surface area contributed by atoms with Gasteiger partial charge >= 0.3 is 0 Å². The summed E-state index contributed by atoms with van der Waals surface area (Å²) in [7, 11) is 2.03. The van der Waals surface area contributed by atoms with E-state index in [-0.39, 0.29) is 0 Å². The predicted octanol–water partition coefficient (Wildman–Crippen LogP) is 3.92. The van der Waals surface area contributed by atoms with Gasteiger partial charge in [-0.2, -0.15) is 0 Å². The van der Waals surface area contributed by atoms with Crippen LogP contribution in [0, 0.1) is 0 Å². The number of aliphatic hydroxyl groups is 1. The number of nitrogens with zero attached hydrogens (tertiary/aromatic N) is 2. The molecule has 106 valence electrons. The maximum Gasteiger partial charge on any atom is 0.0957 e. The van der Waals surface area contributed by atoms with Crippen LogP contribution in [0.1, 0.15) is 30.7 Å². The number of anilines is 1. The minimum absolute atomic E-state index is 0.474. The quantitative estimate of drug-likeness (QED) is 0.900. The first kappa shape index (κ1) is 15.0. The van der Waals surface area contributed by atoms with Gasteiger partial charge in [-0.1, -0.05) is 41.1 Å². The summed E-state index contributed by atoms with van der Waals surface area (Å²) >= 11 is 3.56. The number of benzene rings is 1. The molecule has 0 radical (unpaired) electrons. The minimum atomic E-state index is -0.474. The molecular weight excluding hydrogens is 316 g/mol. The molecule has 4 heteroatoms. The summed E-state index contributed by atoms with van der Waals surface area (Å²) in [5, 5.41) is 9.75. The molecule has 2 aromatic rings. The fraction of sp³-hybridized carbons (Fsp3) is 0.312. The molecule has 0 bridgehead atoms. The lowest BCUT2D eigenvalue weighted by Gasteiger charge is -2.20. The molecule has 1 aromatic heterocycles. The Morgan fingerprint density at radius 1 is 1.25 bits per heavy atom. The average Bonchev–Trinajstić information content (AvgIpc) is 2.49. The molecule has 1 aromatic carbocycles. The van der Waals surface area contributed by atoms with E-state index in [2.05, 4.69) is 31.9 Å². The van der Waals surface area contributed by atoms with Crippen molar-refractivity contribution in [2.75, 3.05) is 11.9 Å². The molecule has 0 aliphatic heterocycles. The molecule has 0 aliphatic carbocycles. The topological polar surface area (TPSA) is 36.4 Å². The zero-order chi connectivity index (χ0) is 14.5. The van der Waals surface area contributed by atoms with Crippen LogP contribution >= 0.6 is 15.9 Å². The number of hydrogen-bond acceptors (Lipinski definition) is 3. The number of halogens is 1. The molecule has 1 atom stereocenters. The van der Waals surface area contributed by atoms with E-state index < -0.39 is 6.10 Å². The van der Waals surface area contributed by atoms with E-state index in [1.165, 1.54) is 5.56 Å². The van der Waals surface area contributed by atoms with Crippen molar-refractivity contribution in [1.29, 1.82) is 0 Å². The van der Waals surface area contributed by atoms with E-state index >= 15 is 0 Å². The molecule has 1 heterocycles. The van der Waals surface area contributed by atoms with Gasteiger partial charge in [-0.05, 0) is 30.2 Å². The maximum absolute atomic E-state index is 9.75. The molecule has 0 saturated carbocycles. The fourth-order valence-electron chi connectivity index (χ4n) is 2.00. The molecule has 3 nitrogen and oxygen atoms in total. The Hall–Kier alpha value is -1.39.